The average Bonchev–Trinajstić information content (AvgIpc) is 3.05. The van der Waals surface area contributed by atoms with Crippen LogP contribution in [0.25, 0.3) is 5.76 Å². The van der Waals surface area contributed by atoms with Crippen LogP contribution < -0.4 is 0 Å². The molecular weight excluding hydrogens is 418 g/mol. The average molecular weight is 442 g/mol. The van der Waals surface area contributed by atoms with Gasteiger partial charge in [-0.15, -0.1) is 0 Å². The Balaban J connectivity index is 1.67. The van der Waals surface area contributed by atoms with Crippen LogP contribution in [0.4, 0.5) is 8.78 Å². The number of carbonyl (C=O) groups is 2. The lowest BCUT2D eigenvalue weighted by atomic mass is 9.95. The summed E-state index contributed by atoms with van der Waals surface area (Å²) in [6.07, 6.45) is 0.607. The number of likely N-dealkylation sites (tertiary alicyclic amines) is 1. The van der Waals surface area contributed by atoms with Crippen LogP contribution in [0.3, 0.4) is 0 Å². The SMILES string of the molecule is O=C1C(=O)N(CCCN2CCOCC2)C(c2cccc(F)c2)C1=C(O)c1ccc(F)cc1. The number of ketones is 1. The Morgan fingerprint density at radius 3 is 2.41 bits per heavy atom. The van der Waals surface area contributed by atoms with Crippen molar-refractivity contribution in [3.8, 4) is 0 Å². The van der Waals surface area contributed by atoms with Crippen molar-refractivity contribution in [1.29, 1.82) is 0 Å². The number of rotatable bonds is 6. The number of hydrogen-bond donors (Lipinski definition) is 1. The Kier molecular flexibility index (Phi) is 6.62. The number of morpholine rings is 1. The zero-order chi connectivity index (χ0) is 22.7. The lowest BCUT2D eigenvalue weighted by Gasteiger charge is -2.29. The van der Waals surface area contributed by atoms with Gasteiger partial charge >= 0.3 is 0 Å². The lowest BCUT2D eigenvalue weighted by Crippen LogP contribution is -2.39. The minimum absolute atomic E-state index is 0.126. The molecule has 1 unspecified atom stereocenters. The van der Waals surface area contributed by atoms with Gasteiger partial charge in [-0.3, -0.25) is 14.5 Å². The maximum Gasteiger partial charge on any atom is 0.295 e. The first-order chi connectivity index (χ1) is 15.5. The summed E-state index contributed by atoms with van der Waals surface area (Å²) in [5.41, 5.74) is 0.469. The number of aliphatic hydroxyl groups is 1. The number of Topliss-reactive ketones (excluding diaryl/α,β-unsaturated/α-hetero) is 1. The molecule has 168 valence electrons. The van der Waals surface area contributed by atoms with Gasteiger partial charge in [0.25, 0.3) is 11.7 Å². The fraction of sp³-hybridized carbons (Fsp3) is 0.333. The number of benzene rings is 2. The van der Waals surface area contributed by atoms with Gasteiger partial charge in [-0.1, -0.05) is 12.1 Å². The van der Waals surface area contributed by atoms with Crippen LogP contribution in [0.5, 0.6) is 0 Å². The summed E-state index contributed by atoms with van der Waals surface area (Å²) < 4.78 is 32.7. The molecular formula is C24H24F2N2O4. The zero-order valence-electron chi connectivity index (χ0n) is 17.5. The number of carbonyl (C=O) groups excluding carboxylic acids is 2. The van der Waals surface area contributed by atoms with Gasteiger partial charge in [0.2, 0.25) is 0 Å². The zero-order valence-corrected chi connectivity index (χ0v) is 17.5. The molecule has 2 saturated heterocycles. The van der Waals surface area contributed by atoms with Gasteiger partial charge in [0.15, 0.2) is 0 Å². The fourth-order valence-electron chi connectivity index (χ4n) is 4.19. The molecule has 6 nitrogen and oxygen atoms in total. The molecule has 0 saturated carbocycles. The Labute approximate surface area is 184 Å². The minimum atomic E-state index is -0.930. The second-order valence-corrected chi connectivity index (χ2v) is 7.86. The summed E-state index contributed by atoms with van der Waals surface area (Å²) in [4.78, 5) is 29.4. The molecule has 2 aromatic carbocycles. The van der Waals surface area contributed by atoms with Gasteiger partial charge in [-0.2, -0.15) is 0 Å². The molecule has 2 aromatic rings. The van der Waals surface area contributed by atoms with Crippen molar-refractivity contribution in [1.82, 2.24) is 9.80 Å². The first-order valence-corrected chi connectivity index (χ1v) is 10.6. The van der Waals surface area contributed by atoms with E-state index in [1.165, 1.54) is 35.2 Å². The Bertz CT molecular complexity index is 1030. The third-order valence-corrected chi connectivity index (χ3v) is 5.80. The molecule has 1 amide bonds. The van der Waals surface area contributed by atoms with Crippen LogP contribution in [0.2, 0.25) is 0 Å². The molecule has 4 rings (SSSR count). The largest absolute Gasteiger partial charge is 0.507 e. The highest BCUT2D eigenvalue weighted by Gasteiger charge is 2.45. The quantitative estimate of drug-likeness (QED) is 0.423. The Morgan fingerprint density at radius 1 is 1.00 bits per heavy atom. The van der Waals surface area contributed by atoms with Crippen molar-refractivity contribution in [2.24, 2.45) is 0 Å². The minimum Gasteiger partial charge on any atom is -0.507 e. The molecule has 0 bridgehead atoms. The highest BCUT2D eigenvalue weighted by atomic mass is 19.1. The second kappa shape index (κ2) is 9.58. The van der Waals surface area contributed by atoms with E-state index < -0.39 is 35.1 Å². The third kappa shape index (κ3) is 4.56. The number of aliphatic hydroxyl groups excluding tert-OH is 1. The Hall–Kier alpha value is -3.10. The molecule has 0 spiro atoms. The Morgan fingerprint density at radius 2 is 1.72 bits per heavy atom. The molecule has 8 heteroatoms. The topological polar surface area (TPSA) is 70.1 Å². The number of halogens is 2. The molecule has 2 aliphatic heterocycles. The summed E-state index contributed by atoms with van der Waals surface area (Å²) in [5, 5.41) is 10.9. The number of ether oxygens (including phenoxy) is 1. The first-order valence-electron chi connectivity index (χ1n) is 10.6. The van der Waals surface area contributed by atoms with E-state index in [2.05, 4.69) is 4.90 Å². The fourth-order valence-corrected chi connectivity index (χ4v) is 4.19. The van der Waals surface area contributed by atoms with E-state index in [-0.39, 0.29) is 17.7 Å². The van der Waals surface area contributed by atoms with Crippen molar-refractivity contribution in [3.05, 3.63) is 76.9 Å². The number of nitrogens with zero attached hydrogens (tertiary/aromatic N) is 2. The third-order valence-electron chi connectivity index (χ3n) is 5.80. The van der Waals surface area contributed by atoms with E-state index in [1.807, 2.05) is 0 Å². The lowest BCUT2D eigenvalue weighted by molar-refractivity contribution is -0.140. The highest BCUT2D eigenvalue weighted by molar-refractivity contribution is 6.46. The molecule has 2 fully saturated rings. The molecule has 0 aliphatic carbocycles. The van der Waals surface area contributed by atoms with E-state index in [4.69, 9.17) is 4.74 Å². The normalized spacial score (nSPS) is 21.3. The van der Waals surface area contributed by atoms with Crippen molar-refractivity contribution in [3.63, 3.8) is 0 Å². The molecule has 2 heterocycles. The maximum atomic E-state index is 14.0. The molecule has 32 heavy (non-hydrogen) atoms. The summed E-state index contributed by atoms with van der Waals surface area (Å²) in [7, 11) is 0. The number of amides is 1. The van der Waals surface area contributed by atoms with Gasteiger partial charge in [-0.25, -0.2) is 8.78 Å². The van der Waals surface area contributed by atoms with Gasteiger partial charge < -0.3 is 14.7 Å². The predicted molar refractivity (Wildman–Crippen MR) is 114 cm³/mol. The van der Waals surface area contributed by atoms with E-state index >= 15 is 0 Å². The van der Waals surface area contributed by atoms with Crippen LogP contribution in [0, 0.1) is 11.6 Å². The summed E-state index contributed by atoms with van der Waals surface area (Å²) in [6, 6.07) is 9.69. The van der Waals surface area contributed by atoms with Crippen LogP contribution in [0.15, 0.2) is 54.1 Å². The number of hydrogen-bond acceptors (Lipinski definition) is 5. The van der Waals surface area contributed by atoms with E-state index in [1.54, 1.807) is 6.07 Å². The maximum absolute atomic E-state index is 14.0. The molecule has 2 aliphatic rings. The second-order valence-electron chi connectivity index (χ2n) is 7.86. The summed E-state index contributed by atoms with van der Waals surface area (Å²) in [5.74, 6) is -3.00. The smallest absolute Gasteiger partial charge is 0.295 e. The van der Waals surface area contributed by atoms with Gasteiger partial charge in [0.05, 0.1) is 24.8 Å². The summed E-state index contributed by atoms with van der Waals surface area (Å²) in [6.45, 7) is 3.91. The van der Waals surface area contributed by atoms with E-state index in [0.29, 0.717) is 25.2 Å². The van der Waals surface area contributed by atoms with Crippen LogP contribution in [-0.4, -0.2) is 66.0 Å². The van der Waals surface area contributed by atoms with Crippen molar-refractivity contribution in [2.45, 2.75) is 12.5 Å². The summed E-state index contributed by atoms with van der Waals surface area (Å²) >= 11 is 0. The molecule has 1 N–H and O–H groups in total. The van der Waals surface area contributed by atoms with Gasteiger partial charge in [0, 0.05) is 31.7 Å². The monoisotopic (exact) mass is 442 g/mol. The van der Waals surface area contributed by atoms with Gasteiger partial charge in [-0.05, 0) is 48.4 Å². The van der Waals surface area contributed by atoms with Crippen LogP contribution >= 0.6 is 0 Å². The molecule has 1 atom stereocenters. The highest BCUT2D eigenvalue weighted by Crippen LogP contribution is 2.39. The van der Waals surface area contributed by atoms with Crippen LogP contribution in [0.1, 0.15) is 23.6 Å². The first kappa shape index (κ1) is 22.1. The molecule has 0 aromatic heterocycles. The molecule has 0 radical (unpaired) electrons. The van der Waals surface area contributed by atoms with E-state index in [0.717, 1.165) is 31.8 Å². The van der Waals surface area contributed by atoms with Crippen LogP contribution in [-0.2, 0) is 14.3 Å². The van der Waals surface area contributed by atoms with Crippen molar-refractivity contribution in [2.75, 3.05) is 39.4 Å². The standard InChI is InChI=1S/C24H24F2N2O4/c25-18-7-5-16(6-8-18)22(29)20-21(17-3-1-4-19(26)15-17)28(24(31)23(20)30)10-2-9-27-11-13-32-14-12-27/h1,3-8,15,21,29H,2,9-14H2. The van der Waals surface area contributed by atoms with E-state index in [9.17, 15) is 23.5 Å². The van der Waals surface area contributed by atoms with Crippen molar-refractivity contribution < 1.29 is 28.2 Å². The van der Waals surface area contributed by atoms with Crippen molar-refractivity contribution >= 4 is 17.4 Å². The van der Waals surface area contributed by atoms with Gasteiger partial charge in [0.1, 0.15) is 17.4 Å². The predicted octanol–water partition coefficient (Wildman–Crippen LogP) is 3.11.